The molecular formula is C11H18BrN. The van der Waals surface area contributed by atoms with Gasteiger partial charge in [0, 0.05) is 6.04 Å². The van der Waals surface area contributed by atoms with Crippen molar-refractivity contribution in [2.24, 2.45) is 0 Å². The van der Waals surface area contributed by atoms with Gasteiger partial charge >= 0.3 is 0 Å². The van der Waals surface area contributed by atoms with Crippen molar-refractivity contribution in [1.82, 2.24) is 5.32 Å². The van der Waals surface area contributed by atoms with Crippen LogP contribution in [0, 0.1) is 0 Å². The molecule has 0 bridgehead atoms. The van der Waals surface area contributed by atoms with E-state index in [1.54, 1.807) is 0 Å². The Kier molecular flexibility index (Phi) is 5.21. The van der Waals surface area contributed by atoms with Gasteiger partial charge in [-0.1, -0.05) is 44.8 Å². The first-order valence-corrected chi connectivity index (χ1v) is 5.92. The van der Waals surface area contributed by atoms with Gasteiger partial charge in [0.1, 0.15) is 0 Å². The van der Waals surface area contributed by atoms with Gasteiger partial charge in [-0.15, -0.1) is 0 Å². The molecule has 0 fully saturated rings. The lowest BCUT2D eigenvalue weighted by Gasteiger charge is -2.18. The first-order valence-electron chi connectivity index (χ1n) is 5.13. The highest BCUT2D eigenvalue weighted by Gasteiger charge is 2.06. The summed E-state index contributed by atoms with van der Waals surface area (Å²) >= 11 is 3.45. The number of nitrogens with one attached hydrogen (secondary N) is 1. The van der Waals surface area contributed by atoms with Crippen LogP contribution in [0.2, 0.25) is 0 Å². The number of halogens is 1. The van der Waals surface area contributed by atoms with Crippen molar-refractivity contribution in [3.8, 4) is 0 Å². The second-order valence-electron chi connectivity index (χ2n) is 3.50. The topological polar surface area (TPSA) is 12.0 Å². The SMILES string of the molecule is CCCCCCC1C=CC=C(Br)N1. The first-order chi connectivity index (χ1) is 6.33. The largest absolute Gasteiger partial charge is 0.373 e. The number of unbranched alkanes of at least 4 members (excludes halogenated alkanes) is 3. The van der Waals surface area contributed by atoms with Crippen LogP contribution in [0.5, 0.6) is 0 Å². The van der Waals surface area contributed by atoms with E-state index >= 15 is 0 Å². The van der Waals surface area contributed by atoms with E-state index in [1.807, 2.05) is 6.08 Å². The normalized spacial score (nSPS) is 21.1. The summed E-state index contributed by atoms with van der Waals surface area (Å²) in [4.78, 5) is 0. The summed E-state index contributed by atoms with van der Waals surface area (Å²) in [6.45, 7) is 2.25. The molecule has 1 unspecified atom stereocenters. The van der Waals surface area contributed by atoms with Gasteiger partial charge in [0.15, 0.2) is 0 Å². The third-order valence-corrected chi connectivity index (χ3v) is 2.77. The Bertz CT molecular complexity index is 196. The minimum absolute atomic E-state index is 0.538. The van der Waals surface area contributed by atoms with Crippen molar-refractivity contribution in [3.63, 3.8) is 0 Å². The van der Waals surface area contributed by atoms with Gasteiger partial charge in [-0.25, -0.2) is 0 Å². The van der Waals surface area contributed by atoms with Crippen molar-refractivity contribution in [2.45, 2.75) is 45.1 Å². The second-order valence-corrected chi connectivity index (χ2v) is 4.35. The predicted molar refractivity (Wildman–Crippen MR) is 61.8 cm³/mol. The van der Waals surface area contributed by atoms with E-state index in [9.17, 15) is 0 Å². The predicted octanol–water partition coefficient (Wildman–Crippen LogP) is 3.72. The molecule has 0 saturated carbocycles. The Balaban J connectivity index is 2.10. The van der Waals surface area contributed by atoms with Crippen LogP contribution in [0.4, 0.5) is 0 Å². The lowest BCUT2D eigenvalue weighted by atomic mass is 10.1. The summed E-state index contributed by atoms with van der Waals surface area (Å²) in [5.74, 6) is 0. The molecule has 13 heavy (non-hydrogen) atoms. The molecule has 1 rings (SSSR count). The quantitative estimate of drug-likeness (QED) is 0.574. The fraction of sp³-hybridized carbons (Fsp3) is 0.636. The van der Waals surface area contributed by atoms with E-state index in [1.165, 1.54) is 32.1 Å². The molecule has 0 aromatic carbocycles. The molecule has 1 N–H and O–H groups in total. The first kappa shape index (κ1) is 10.8. The van der Waals surface area contributed by atoms with Crippen LogP contribution < -0.4 is 5.32 Å². The maximum Gasteiger partial charge on any atom is 0.0784 e. The highest BCUT2D eigenvalue weighted by molar-refractivity contribution is 9.11. The van der Waals surface area contributed by atoms with Gasteiger partial charge in [0.05, 0.1) is 4.61 Å². The lowest BCUT2D eigenvalue weighted by Crippen LogP contribution is -2.26. The number of dihydropyridines is 1. The van der Waals surface area contributed by atoms with E-state index in [-0.39, 0.29) is 0 Å². The molecule has 1 aliphatic rings. The Morgan fingerprint density at radius 2 is 2.23 bits per heavy atom. The molecule has 0 saturated heterocycles. The van der Waals surface area contributed by atoms with Crippen molar-refractivity contribution in [1.29, 1.82) is 0 Å². The Labute approximate surface area is 89.4 Å². The van der Waals surface area contributed by atoms with Gasteiger partial charge in [-0.05, 0) is 28.4 Å². The minimum atomic E-state index is 0.538. The molecule has 0 radical (unpaired) electrons. The zero-order valence-electron chi connectivity index (χ0n) is 8.22. The summed E-state index contributed by atoms with van der Waals surface area (Å²) in [6, 6.07) is 0.538. The van der Waals surface area contributed by atoms with Gasteiger partial charge < -0.3 is 5.32 Å². The second kappa shape index (κ2) is 6.25. The molecule has 0 spiro atoms. The zero-order valence-corrected chi connectivity index (χ0v) is 9.81. The molecule has 0 amide bonds. The number of allylic oxidation sites excluding steroid dienone is 2. The molecule has 1 heterocycles. The summed E-state index contributed by atoms with van der Waals surface area (Å²) in [7, 11) is 0. The van der Waals surface area contributed by atoms with Gasteiger partial charge in [0.2, 0.25) is 0 Å². The van der Waals surface area contributed by atoms with Gasteiger partial charge in [0.25, 0.3) is 0 Å². The van der Waals surface area contributed by atoms with Crippen LogP contribution in [-0.2, 0) is 0 Å². The Morgan fingerprint density at radius 1 is 1.38 bits per heavy atom. The smallest absolute Gasteiger partial charge is 0.0784 e. The summed E-state index contributed by atoms with van der Waals surface area (Å²) in [5.41, 5.74) is 0. The highest BCUT2D eigenvalue weighted by atomic mass is 79.9. The maximum absolute atomic E-state index is 3.45. The van der Waals surface area contributed by atoms with E-state index in [2.05, 4.69) is 40.3 Å². The van der Waals surface area contributed by atoms with Gasteiger partial charge in [-0.3, -0.25) is 0 Å². The van der Waals surface area contributed by atoms with E-state index in [0.717, 1.165) is 4.61 Å². The van der Waals surface area contributed by atoms with Crippen LogP contribution in [0.25, 0.3) is 0 Å². The summed E-state index contributed by atoms with van der Waals surface area (Å²) in [5, 5.41) is 3.38. The van der Waals surface area contributed by atoms with Crippen molar-refractivity contribution >= 4 is 15.9 Å². The fourth-order valence-corrected chi connectivity index (χ4v) is 1.95. The van der Waals surface area contributed by atoms with Crippen LogP contribution in [0.3, 0.4) is 0 Å². The van der Waals surface area contributed by atoms with Crippen molar-refractivity contribution in [2.75, 3.05) is 0 Å². The van der Waals surface area contributed by atoms with E-state index < -0.39 is 0 Å². The monoisotopic (exact) mass is 243 g/mol. The third kappa shape index (κ3) is 4.51. The molecule has 1 aliphatic heterocycles. The molecule has 0 aliphatic carbocycles. The van der Waals surface area contributed by atoms with Crippen molar-refractivity contribution in [3.05, 3.63) is 22.8 Å². The molecule has 1 nitrogen and oxygen atoms in total. The molecule has 0 aromatic rings. The van der Waals surface area contributed by atoms with E-state index in [4.69, 9.17) is 0 Å². The Morgan fingerprint density at radius 3 is 2.92 bits per heavy atom. The Hall–Kier alpha value is -0.240. The van der Waals surface area contributed by atoms with E-state index in [0.29, 0.717) is 6.04 Å². The molecule has 0 aromatic heterocycles. The maximum atomic E-state index is 3.45. The average Bonchev–Trinajstić information content (AvgIpc) is 2.13. The number of hydrogen-bond donors (Lipinski definition) is 1. The van der Waals surface area contributed by atoms with Crippen LogP contribution in [0.1, 0.15) is 39.0 Å². The highest BCUT2D eigenvalue weighted by Crippen LogP contribution is 2.13. The van der Waals surface area contributed by atoms with Crippen LogP contribution >= 0.6 is 15.9 Å². The van der Waals surface area contributed by atoms with Crippen molar-refractivity contribution < 1.29 is 0 Å². The third-order valence-electron chi connectivity index (χ3n) is 2.28. The summed E-state index contributed by atoms with van der Waals surface area (Å²) in [6.07, 6.45) is 13.0. The standard InChI is InChI=1S/C11H18BrN/c1-2-3-4-5-7-10-8-6-9-11(12)13-10/h6,8-10,13H,2-5,7H2,1H3. The molecule has 1 atom stereocenters. The number of hydrogen-bond acceptors (Lipinski definition) is 1. The van der Waals surface area contributed by atoms with Gasteiger partial charge in [-0.2, -0.15) is 0 Å². The number of rotatable bonds is 5. The summed E-state index contributed by atoms with van der Waals surface area (Å²) < 4.78 is 1.11. The van der Waals surface area contributed by atoms with Crippen LogP contribution in [-0.4, -0.2) is 6.04 Å². The average molecular weight is 244 g/mol. The molecule has 74 valence electrons. The zero-order chi connectivity index (χ0) is 9.52. The molecular weight excluding hydrogens is 226 g/mol. The lowest BCUT2D eigenvalue weighted by molar-refractivity contribution is 0.559. The fourth-order valence-electron chi connectivity index (χ4n) is 1.51. The van der Waals surface area contributed by atoms with Crippen LogP contribution in [0.15, 0.2) is 22.8 Å². The molecule has 2 heteroatoms. The minimum Gasteiger partial charge on any atom is -0.373 e.